The van der Waals surface area contributed by atoms with Crippen LogP contribution in [0.4, 0.5) is 0 Å². The molecule has 1 fully saturated rings. The number of aliphatic hydroxyl groups excluding tert-OH is 1. The molecule has 2 rings (SSSR count). The van der Waals surface area contributed by atoms with Gasteiger partial charge in [-0.15, -0.1) is 0 Å². The Morgan fingerprint density at radius 1 is 1.44 bits per heavy atom. The summed E-state index contributed by atoms with van der Waals surface area (Å²) in [7, 11) is 0. The molecule has 1 N–H and O–H groups in total. The largest absolute Gasteiger partial charge is 0.393 e. The lowest BCUT2D eigenvalue weighted by Crippen LogP contribution is -2.44. The number of benzene rings is 1. The van der Waals surface area contributed by atoms with Crippen LogP contribution in [-0.2, 0) is 6.42 Å². The summed E-state index contributed by atoms with van der Waals surface area (Å²) in [5.74, 6) is 0.375. The van der Waals surface area contributed by atoms with Crippen LogP contribution in [0.25, 0.3) is 0 Å². The van der Waals surface area contributed by atoms with Gasteiger partial charge in [0.25, 0.3) is 0 Å². The summed E-state index contributed by atoms with van der Waals surface area (Å²) in [6.07, 6.45) is 2.94. The van der Waals surface area contributed by atoms with Gasteiger partial charge in [0, 0.05) is 23.5 Å². The maximum absolute atomic E-state index is 10.1. The maximum Gasteiger partial charge on any atom is 0.0596 e. The summed E-state index contributed by atoms with van der Waals surface area (Å²) in [5.41, 5.74) is 1.31. The summed E-state index contributed by atoms with van der Waals surface area (Å²) in [4.78, 5) is 2.48. The average molecular weight is 312 g/mol. The summed E-state index contributed by atoms with van der Waals surface area (Å²) in [6.45, 7) is 5.45. The van der Waals surface area contributed by atoms with Crippen LogP contribution in [0.3, 0.4) is 0 Å². The molecule has 0 aromatic heterocycles. The van der Waals surface area contributed by atoms with Crippen molar-refractivity contribution < 1.29 is 5.11 Å². The maximum atomic E-state index is 10.1. The van der Waals surface area contributed by atoms with Crippen molar-refractivity contribution in [1.29, 1.82) is 0 Å². The van der Waals surface area contributed by atoms with E-state index < -0.39 is 0 Å². The van der Waals surface area contributed by atoms with Gasteiger partial charge in [-0.25, -0.2) is 0 Å². The van der Waals surface area contributed by atoms with E-state index in [0.29, 0.717) is 5.92 Å². The van der Waals surface area contributed by atoms with E-state index in [1.807, 2.05) is 6.07 Å². The van der Waals surface area contributed by atoms with Crippen LogP contribution in [0.1, 0.15) is 25.3 Å². The summed E-state index contributed by atoms with van der Waals surface area (Å²) in [5, 5.41) is 10.1. The lowest BCUT2D eigenvalue weighted by atomic mass is 9.88. The Morgan fingerprint density at radius 3 is 3.00 bits per heavy atom. The van der Waals surface area contributed by atoms with Crippen molar-refractivity contribution in [2.75, 3.05) is 19.6 Å². The molecule has 3 heteroatoms. The van der Waals surface area contributed by atoms with Crippen LogP contribution < -0.4 is 0 Å². The van der Waals surface area contributed by atoms with Crippen LogP contribution in [0.2, 0.25) is 0 Å². The fourth-order valence-corrected chi connectivity index (χ4v) is 3.23. The third kappa shape index (κ3) is 3.81. The smallest absolute Gasteiger partial charge is 0.0596 e. The minimum Gasteiger partial charge on any atom is -0.393 e. The molecule has 2 unspecified atom stereocenters. The molecule has 18 heavy (non-hydrogen) atoms. The predicted octanol–water partition coefficient (Wildman–Crippen LogP) is 3.08. The monoisotopic (exact) mass is 311 g/mol. The summed E-state index contributed by atoms with van der Waals surface area (Å²) < 4.78 is 1.12. The highest BCUT2D eigenvalue weighted by Gasteiger charge is 2.27. The molecule has 1 aliphatic rings. The second kappa shape index (κ2) is 6.69. The van der Waals surface area contributed by atoms with Gasteiger partial charge >= 0.3 is 0 Å². The Morgan fingerprint density at radius 2 is 2.28 bits per heavy atom. The summed E-state index contributed by atoms with van der Waals surface area (Å²) in [6, 6.07) is 8.42. The van der Waals surface area contributed by atoms with Crippen molar-refractivity contribution in [2.24, 2.45) is 5.92 Å². The van der Waals surface area contributed by atoms with E-state index in [2.05, 4.69) is 46.0 Å². The van der Waals surface area contributed by atoms with Crippen molar-refractivity contribution in [3.63, 3.8) is 0 Å². The minimum atomic E-state index is -0.142. The molecular weight excluding hydrogens is 290 g/mol. The van der Waals surface area contributed by atoms with Crippen LogP contribution in [0, 0.1) is 5.92 Å². The average Bonchev–Trinajstić information content (AvgIpc) is 2.34. The van der Waals surface area contributed by atoms with Gasteiger partial charge in [0.1, 0.15) is 0 Å². The van der Waals surface area contributed by atoms with Crippen molar-refractivity contribution in [1.82, 2.24) is 4.90 Å². The second-order valence-corrected chi connectivity index (χ2v) is 6.17. The Bertz CT molecular complexity index is 383. The van der Waals surface area contributed by atoms with Crippen molar-refractivity contribution >= 4 is 15.9 Å². The first-order chi connectivity index (χ1) is 8.69. The fraction of sp³-hybridized carbons (Fsp3) is 0.600. The van der Waals surface area contributed by atoms with E-state index in [0.717, 1.165) is 36.9 Å². The van der Waals surface area contributed by atoms with Gasteiger partial charge in [-0.2, -0.15) is 0 Å². The highest BCUT2D eigenvalue weighted by molar-refractivity contribution is 9.10. The SMILES string of the molecule is CCCN1CCC(O)C(Cc2cccc(Br)c2)C1. The third-order valence-electron chi connectivity index (χ3n) is 3.70. The first kappa shape index (κ1) is 14.0. The second-order valence-electron chi connectivity index (χ2n) is 5.25. The van der Waals surface area contributed by atoms with Gasteiger partial charge in [-0.3, -0.25) is 0 Å². The van der Waals surface area contributed by atoms with E-state index >= 15 is 0 Å². The molecule has 1 aromatic rings. The molecule has 1 saturated heterocycles. The van der Waals surface area contributed by atoms with E-state index in [1.54, 1.807) is 0 Å². The molecule has 2 atom stereocenters. The van der Waals surface area contributed by atoms with Gasteiger partial charge in [-0.05, 0) is 43.5 Å². The van der Waals surface area contributed by atoms with E-state index in [1.165, 1.54) is 12.0 Å². The minimum absolute atomic E-state index is 0.142. The van der Waals surface area contributed by atoms with E-state index in [-0.39, 0.29) is 6.10 Å². The van der Waals surface area contributed by atoms with Crippen LogP contribution in [0.5, 0.6) is 0 Å². The molecule has 0 bridgehead atoms. The lowest BCUT2D eigenvalue weighted by molar-refractivity contribution is 0.0270. The molecule has 0 radical (unpaired) electrons. The molecule has 1 aliphatic heterocycles. The first-order valence-corrected chi connectivity index (χ1v) is 7.63. The first-order valence-electron chi connectivity index (χ1n) is 6.84. The Kier molecular flexibility index (Phi) is 5.22. The Labute approximate surface area is 118 Å². The summed E-state index contributed by atoms with van der Waals surface area (Å²) >= 11 is 3.51. The molecular formula is C15H22BrNO. The standard InChI is InChI=1S/C15H22BrNO/c1-2-7-17-8-6-15(18)13(11-17)9-12-4-3-5-14(16)10-12/h3-5,10,13,15,18H,2,6-9,11H2,1H3. The zero-order chi connectivity index (χ0) is 13.0. The van der Waals surface area contributed by atoms with Gasteiger partial charge in [0.05, 0.1) is 6.10 Å². The molecule has 2 nitrogen and oxygen atoms in total. The number of rotatable bonds is 4. The van der Waals surface area contributed by atoms with E-state index in [4.69, 9.17) is 0 Å². The molecule has 0 aliphatic carbocycles. The lowest BCUT2D eigenvalue weighted by Gasteiger charge is -2.36. The van der Waals surface area contributed by atoms with Crippen LogP contribution >= 0.6 is 15.9 Å². The quantitative estimate of drug-likeness (QED) is 0.923. The molecule has 0 spiro atoms. The zero-order valence-electron chi connectivity index (χ0n) is 11.0. The van der Waals surface area contributed by atoms with Gasteiger partial charge < -0.3 is 10.0 Å². The van der Waals surface area contributed by atoms with Gasteiger partial charge in [-0.1, -0.05) is 35.0 Å². The van der Waals surface area contributed by atoms with Gasteiger partial charge in [0.15, 0.2) is 0 Å². The van der Waals surface area contributed by atoms with E-state index in [9.17, 15) is 5.11 Å². The van der Waals surface area contributed by atoms with Gasteiger partial charge in [0.2, 0.25) is 0 Å². The highest BCUT2D eigenvalue weighted by Crippen LogP contribution is 2.23. The molecule has 100 valence electrons. The Hall–Kier alpha value is -0.380. The number of aliphatic hydroxyl groups is 1. The number of nitrogens with zero attached hydrogens (tertiary/aromatic N) is 1. The predicted molar refractivity (Wildman–Crippen MR) is 78.7 cm³/mol. The number of hydrogen-bond donors (Lipinski definition) is 1. The topological polar surface area (TPSA) is 23.5 Å². The highest BCUT2D eigenvalue weighted by atomic mass is 79.9. The number of halogens is 1. The fourth-order valence-electron chi connectivity index (χ4n) is 2.78. The third-order valence-corrected chi connectivity index (χ3v) is 4.20. The number of piperidine rings is 1. The van der Waals surface area contributed by atoms with Crippen molar-refractivity contribution in [3.05, 3.63) is 34.3 Å². The normalized spacial score (nSPS) is 25.3. The number of likely N-dealkylation sites (tertiary alicyclic amines) is 1. The van der Waals surface area contributed by atoms with Crippen molar-refractivity contribution in [2.45, 2.75) is 32.3 Å². The Balaban J connectivity index is 1.98. The molecule has 0 amide bonds. The van der Waals surface area contributed by atoms with Crippen LogP contribution in [0.15, 0.2) is 28.7 Å². The van der Waals surface area contributed by atoms with Crippen LogP contribution in [-0.4, -0.2) is 35.7 Å². The molecule has 1 aromatic carbocycles. The van der Waals surface area contributed by atoms with Crippen molar-refractivity contribution in [3.8, 4) is 0 Å². The molecule has 1 heterocycles. The molecule has 0 saturated carbocycles. The number of hydrogen-bond acceptors (Lipinski definition) is 2. The zero-order valence-corrected chi connectivity index (χ0v) is 12.6.